The highest BCUT2D eigenvalue weighted by Crippen LogP contribution is 2.34. The summed E-state index contributed by atoms with van der Waals surface area (Å²) in [5.74, 6) is 0. The van der Waals surface area contributed by atoms with Crippen LogP contribution in [0.15, 0.2) is 56.1 Å². The molecule has 0 N–H and O–H groups in total. The van der Waals surface area contributed by atoms with Gasteiger partial charge < -0.3 is 4.42 Å². The molecule has 0 radical (unpaired) electrons. The average molecular weight is 329 g/mol. The van der Waals surface area contributed by atoms with Crippen LogP contribution >= 0.6 is 15.9 Å². The molecule has 0 bridgehead atoms. The molecular weight excluding hydrogens is 316 g/mol. The monoisotopic (exact) mass is 328 g/mol. The first-order valence-electron chi connectivity index (χ1n) is 6.37. The van der Waals surface area contributed by atoms with Crippen LogP contribution in [0.4, 0.5) is 0 Å². The lowest BCUT2D eigenvalue weighted by Gasteiger charge is -2.11. The van der Waals surface area contributed by atoms with Gasteiger partial charge in [0.1, 0.15) is 10.1 Å². The van der Waals surface area contributed by atoms with Crippen molar-refractivity contribution in [2.24, 2.45) is 0 Å². The second kappa shape index (κ2) is 4.91. The molecule has 0 atom stereocenters. The van der Waals surface area contributed by atoms with Gasteiger partial charge in [0.2, 0.25) is 0 Å². The van der Waals surface area contributed by atoms with E-state index in [4.69, 9.17) is 4.42 Å². The molecule has 0 saturated heterocycles. The maximum Gasteiger partial charge on any atom is 0.351 e. The second-order valence-corrected chi connectivity index (χ2v) is 5.62. The first kappa shape index (κ1) is 13.1. The predicted molar refractivity (Wildman–Crippen MR) is 85.1 cm³/mol. The van der Waals surface area contributed by atoms with E-state index in [0.717, 1.165) is 27.6 Å². The Labute approximate surface area is 125 Å². The maximum absolute atomic E-state index is 12.1. The highest BCUT2D eigenvalue weighted by molar-refractivity contribution is 9.10. The van der Waals surface area contributed by atoms with Gasteiger partial charge in [0, 0.05) is 10.9 Å². The Kier molecular flexibility index (Phi) is 3.22. The first-order chi connectivity index (χ1) is 9.59. The standard InChI is InChI=1S/C17H13BrO2/c1-10-8-9-13-14(12-6-4-3-5-7-12)15(18)17(19)20-16(13)11(10)2/h3-9H,1-2H3. The Hall–Kier alpha value is -1.87. The molecule has 3 rings (SSSR count). The number of hydrogen-bond donors (Lipinski definition) is 0. The van der Waals surface area contributed by atoms with E-state index in [1.165, 1.54) is 0 Å². The largest absolute Gasteiger partial charge is 0.422 e. The number of rotatable bonds is 1. The Morgan fingerprint density at radius 3 is 2.40 bits per heavy atom. The Bertz CT molecular complexity index is 848. The van der Waals surface area contributed by atoms with Crippen LogP contribution < -0.4 is 5.63 Å². The van der Waals surface area contributed by atoms with Gasteiger partial charge in [-0.15, -0.1) is 0 Å². The molecule has 20 heavy (non-hydrogen) atoms. The minimum atomic E-state index is -0.343. The van der Waals surface area contributed by atoms with Crippen LogP contribution in [0.2, 0.25) is 0 Å². The minimum Gasteiger partial charge on any atom is -0.422 e. The van der Waals surface area contributed by atoms with Crippen molar-refractivity contribution in [3.8, 4) is 11.1 Å². The molecule has 0 amide bonds. The lowest BCUT2D eigenvalue weighted by Crippen LogP contribution is -2.03. The fourth-order valence-electron chi connectivity index (χ4n) is 2.36. The zero-order chi connectivity index (χ0) is 14.3. The zero-order valence-corrected chi connectivity index (χ0v) is 12.8. The molecule has 2 nitrogen and oxygen atoms in total. The molecule has 0 unspecified atom stereocenters. The molecule has 0 aliphatic carbocycles. The van der Waals surface area contributed by atoms with Gasteiger partial charge in [0.25, 0.3) is 0 Å². The fourth-order valence-corrected chi connectivity index (χ4v) is 2.89. The van der Waals surface area contributed by atoms with Crippen molar-refractivity contribution >= 4 is 26.9 Å². The summed E-state index contributed by atoms with van der Waals surface area (Å²) in [5.41, 5.74) is 4.33. The number of fused-ring (bicyclic) bond motifs is 1. The van der Waals surface area contributed by atoms with E-state index in [1.54, 1.807) is 0 Å². The summed E-state index contributed by atoms with van der Waals surface area (Å²) in [6, 6.07) is 13.9. The van der Waals surface area contributed by atoms with E-state index in [0.29, 0.717) is 10.1 Å². The minimum absolute atomic E-state index is 0.343. The van der Waals surface area contributed by atoms with E-state index in [-0.39, 0.29) is 5.63 Å². The van der Waals surface area contributed by atoms with Crippen LogP contribution in [0, 0.1) is 13.8 Å². The van der Waals surface area contributed by atoms with Crippen LogP contribution in [-0.4, -0.2) is 0 Å². The van der Waals surface area contributed by atoms with E-state index < -0.39 is 0 Å². The zero-order valence-electron chi connectivity index (χ0n) is 11.2. The van der Waals surface area contributed by atoms with Gasteiger partial charge in [0.05, 0.1) is 0 Å². The molecule has 2 aromatic carbocycles. The third-order valence-corrected chi connectivity index (χ3v) is 4.32. The van der Waals surface area contributed by atoms with Gasteiger partial charge in [-0.25, -0.2) is 4.79 Å². The molecule has 0 saturated carbocycles. The third kappa shape index (κ3) is 1.98. The van der Waals surface area contributed by atoms with Crippen LogP contribution in [0.1, 0.15) is 11.1 Å². The van der Waals surface area contributed by atoms with Crippen LogP contribution in [0.25, 0.3) is 22.1 Å². The van der Waals surface area contributed by atoms with Gasteiger partial charge in [-0.3, -0.25) is 0 Å². The van der Waals surface area contributed by atoms with Crippen LogP contribution in [-0.2, 0) is 0 Å². The predicted octanol–water partition coefficient (Wildman–Crippen LogP) is 4.84. The summed E-state index contributed by atoms with van der Waals surface area (Å²) in [5, 5.41) is 0.950. The fraction of sp³-hybridized carbons (Fsp3) is 0.118. The number of halogens is 1. The third-order valence-electron chi connectivity index (χ3n) is 3.60. The smallest absolute Gasteiger partial charge is 0.351 e. The number of benzene rings is 2. The number of hydrogen-bond acceptors (Lipinski definition) is 2. The number of aryl methyl sites for hydroxylation is 2. The van der Waals surface area contributed by atoms with Gasteiger partial charge >= 0.3 is 5.63 Å². The summed E-state index contributed by atoms with van der Waals surface area (Å²) >= 11 is 3.37. The highest BCUT2D eigenvalue weighted by atomic mass is 79.9. The van der Waals surface area contributed by atoms with Crippen molar-refractivity contribution < 1.29 is 4.42 Å². The summed E-state index contributed by atoms with van der Waals surface area (Å²) in [7, 11) is 0. The van der Waals surface area contributed by atoms with Crippen molar-refractivity contribution in [1.82, 2.24) is 0 Å². The molecule has 0 aliphatic rings. The van der Waals surface area contributed by atoms with Crippen molar-refractivity contribution in [3.63, 3.8) is 0 Å². The summed E-state index contributed by atoms with van der Waals surface area (Å²) in [6.45, 7) is 3.99. The normalized spacial score (nSPS) is 10.9. The first-order valence-corrected chi connectivity index (χ1v) is 7.17. The molecule has 3 aromatic rings. The summed E-state index contributed by atoms with van der Waals surface area (Å²) in [4.78, 5) is 12.1. The second-order valence-electron chi connectivity index (χ2n) is 4.83. The SMILES string of the molecule is Cc1ccc2c(-c3ccccc3)c(Br)c(=O)oc2c1C. The lowest BCUT2D eigenvalue weighted by molar-refractivity contribution is 0.554. The van der Waals surface area contributed by atoms with E-state index in [9.17, 15) is 4.79 Å². The molecule has 0 fully saturated rings. The van der Waals surface area contributed by atoms with Gasteiger partial charge in [0.15, 0.2) is 0 Å². The van der Waals surface area contributed by atoms with Crippen molar-refractivity contribution in [2.75, 3.05) is 0 Å². The summed E-state index contributed by atoms with van der Waals surface area (Å²) in [6.07, 6.45) is 0. The molecule has 3 heteroatoms. The van der Waals surface area contributed by atoms with E-state index in [2.05, 4.69) is 22.0 Å². The Balaban J connectivity index is 2.51. The average Bonchev–Trinajstić information content (AvgIpc) is 2.46. The van der Waals surface area contributed by atoms with Crippen molar-refractivity contribution in [1.29, 1.82) is 0 Å². The molecule has 100 valence electrons. The van der Waals surface area contributed by atoms with Gasteiger partial charge in [-0.2, -0.15) is 0 Å². The van der Waals surface area contributed by atoms with Crippen molar-refractivity contribution in [2.45, 2.75) is 13.8 Å². The molecular formula is C17H13BrO2. The van der Waals surface area contributed by atoms with Crippen molar-refractivity contribution in [3.05, 3.63) is 68.5 Å². The topological polar surface area (TPSA) is 30.2 Å². The summed E-state index contributed by atoms with van der Waals surface area (Å²) < 4.78 is 5.94. The van der Waals surface area contributed by atoms with E-state index in [1.807, 2.05) is 50.2 Å². The molecule has 1 heterocycles. The van der Waals surface area contributed by atoms with Gasteiger partial charge in [-0.1, -0.05) is 42.5 Å². The highest BCUT2D eigenvalue weighted by Gasteiger charge is 2.15. The maximum atomic E-state index is 12.1. The van der Waals surface area contributed by atoms with Crippen LogP contribution in [0.3, 0.4) is 0 Å². The molecule has 0 aliphatic heterocycles. The van der Waals surface area contributed by atoms with Gasteiger partial charge in [-0.05, 0) is 46.5 Å². The quantitative estimate of drug-likeness (QED) is 0.598. The van der Waals surface area contributed by atoms with E-state index >= 15 is 0 Å². The molecule has 1 aromatic heterocycles. The van der Waals surface area contributed by atoms with Crippen LogP contribution in [0.5, 0.6) is 0 Å². The lowest BCUT2D eigenvalue weighted by atomic mass is 9.98. The Morgan fingerprint density at radius 2 is 1.70 bits per heavy atom. The Morgan fingerprint density at radius 1 is 1.00 bits per heavy atom. The molecule has 0 spiro atoms.